The highest BCUT2D eigenvalue weighted by Crippen LogP contribution is 2.36. The van der Waals surface area contributed by atoms with Crippen LogP contribution in [-0.2, 0) is 0 Å². The Morgan fingerprint density at radius 2 is 1.96 bits per heavy atom. The molecule has 0 saturated carbocycles. The van der Waals surface area contributed by atoms with Crippen molar-refractivity contribution in [2.24, 2.45) is 5.10 Å². The largest absolute Gasteiger partial charge is 0.497 e. The summed E-state index contributed by atoms with van der Waals surface area (Å²) in [6, 6.07) is 8.48. The number of methoxy groups -OCH3 is 2. The van der Waals surface area contributed by atoms with Crippen LogP contribution in [0.2, 0.25) is 0 Å². The van der Waals surface area contributed by atoms with Crippen LogP contribution >= 0.6 is 15.9 Å². The summed E-state index contributed by atoms with van der Waals surface area (Å²) in [7, 11) is 3.03. The molecule has 1 N–H and O–H groups in total. The van der Waals surface area contributed by atoms with Crippen LogP contribution in [0.5, 0.6) is 23.0 Å². The van der Waals surface area contributed by atoms with E-state index in [1.165, 1.54) is 13.3 Å². The minimum absolute atomic E-state index is 0.191. The normalized spacial score (nSPS) is 12.3. The van der Waals surface area contributed by atoms with Crippen LogP contribution in [0.4, 0.5) is 0 Å². The molecule has 0 fully saturated rings. The number of hydrogen-bond acceptors (Lipinski definition) is 6. The van der Waals surface area contributed by atoms with Crippen molar-refractivity contribution in [2.75, 3.05) is 21.0 Å². The lowest BCUT2D eigenvalue weighted by atomic mass is 10.2. The summed E-state index contributed by atoms with van der Waals surface area (Å²) < 4.78 is 21.7. The van der Waals surface area contributed by atoms with E-state index in [-0.39, 0.29) is 6.79 Å². The number of nitrogens with zero attached hydrogens (tertiary/aromatic N) is 1. The third kappa shape index (κ3) is 3.69. The summed E-state index contributed by atoms with van der Waals surface area (Å²) >= 11 is 3.43. The minimum Gasteiger partial charge on any atom is -0.497 e. The van der Waals surface area contributed by atoms with Crippen molar-refractivity contribution in [1.82, 2.24) is 5.43 Å². The molecular formula is C17H15BrN2O5. The van der Waals surface area contributed by atoms with Gasteiger partial charge in [-0.1, -0.05) is 0 Å². The van der Waals surface area contributed by atoms with E-state index in [0.717, 1.165) is 10.0 Å². The van der Waals surface area contributed by atoms with Crippen LogP contribution in [-0.4, -0.2) is 33.1 Å². The van der Waals surface area contributed by atoms with E-state index >= 15 is 0 Å². The summed E-state index contributed by atoms with van der Waals surface area (Å²) in [5.74, 6) is 1.90. The summed E-state index contributed by atoms with van der Waals surface area (Å²) in [6.07, 6.45) is 1.51. The highest BCUT2D eigenvalue weighted by Gasteiger charge is 2.16. The van der Waals surface area contributed by atoms with Gasteiger partial charge in [-0.2, -0.15) is 5.10 Å². The number of hydrogen-bond donors (Lipinski definition) is 1. The first kappa shape index (κ1) is 17.1. The van der Waals surface area contributed by atoms with Crippen LogP contribution in [0.3, 0.4) is 0 Å². The quantitative estimate of drug-likeness (QED) is 0.609. The van der Waals surface area contributed by atoms with Crippen molar-refractivity contribution in [3.63, 3.8) is 0 Å². The van der Waals surface area contributed by atoms with Crippen LogP contribution in [0.15, 0.2) is 39.9 Å². The molecule has 0 unspecified atom stereocenters. The van der Waals surface area contributed by atoms with E-state index in [0.29, 0.717) is 28.6 Å². The summed E-state index contributed by atoms with van der Waals surface area (Å²) in [6.45, 7) is 0.191. The van der Waals surface area contributed by atoms with Crippen molar-refractivity contribution in [3.05, 3.63) is 45.9 Å². The molecule has 2 aromatic rings. The van der Waals surface area contributed by atoms with Gasteiger partial charge in [-0.15, -0.1) is 0 Å². The van der Waals surface area contributed by atoms with E-state index < -0.39 is 5.91 Å². The van der Waals surface area contributed by atoms with E-state index in [9.17, 15) is 4.79 Å². The monoisotopic (exact) mass is 406 g/mol. The Balaban J connectivity index is 1.73. The van der Waals surface area contributed by atoms with Crippen LogP contribution in [0.1, 0.15) is 15.9 Å². The summed E-state index contributed by atoms with van der Waals surface area (Å²) in [5, 5.41) is 3.98. The van der Waals surface area contributed by atoms with Gasteiger partial charge in [-0.05, 0) is 40.2 Å². The molecule has 1 aliphatic heterocycles. The van der Waals surface area contributed by atoms with Crippen molar-refractivity contribution < 1.29 is 23.7 Å². The number of benzene rings is 2. The summed E-state index contributed by atoms with van der Waals surface area (Å²) in [5.41, 5.74) is 3.57. The maximum atomic E-state index is 12.3. The average molecular weight is 407 g/mol. The number of carbonyl (C=O) groups is 1. The number of amides is 1. The first-order valence-electron chi connectivity index (χ1n) is 7.27. The van der Waals surface area contributed by atoms with Crippen molar-refractivity contribution >= 4 is 28.1 Å². The van der Waals surface area contributed by atoms with Crippen LogP contribution in [0.25, 0.3) is 0 Å². The molecule has 0 aliphatic carbocycles. The number of carbonyl (C=O) groups excluding carboxylic acids is 1. The Bertz CT molecular complexity index is 838. The van der Waals surface area contributed by atoms with Crippen LogP contribution < -0.4 is 24.4 Å². The Morgan fingerprint density at radius 1 is 1.20 bits per heavy atom. The molecule has 1 amide bonds. The zero-order chi connectivity index (χ0) is 17.8. The first-order chi connectivity index (χ1) is 12.1. The summed E-state index contributed by atoms with van der Waals surface area (Å²) in [4.78, 5) is 12.3. The predicted octanol–water partition coefficient (Wildman–Crippen LogP) is 2.96. The number of ether oxygens (including phenoxy) is 4. The molecule has 1 heterocycles. The lowest BCUT2D eigenvalue weighted by Crippen LogP contribution is -2.18. The fraction of sp³-hybridized carbons (Fsp3) is 0.176. The molecule has 0 bridgehead atoms. The second-order valence-corrected chi connectivity index (χ2v) is 5.85. The van der Waals surface area contributed by atoms with E-state index in [1.54, 1.807) is 37.4 Å². The molecule has 7 nitrogen and oxygen atoms in total. The molecule has 2 aromatic carbocycles. The standard InChI is InChI=1S/C17H15BrN2O5/c1-22-11-3-4-12(14(6-11)23-2)17(21)20-19-8-10-5-15-16(7-13(10)18)25-9-24-15/h3-8H,9H2,1-2H3,(H,20,21). The van der Waals surface area contributed by atoms with E-state index in [1.807, 2.05) is 0 Å². The van der Waals surface area contributed by atoms with Gasteiger partial charge in [0.25, 0.3) is 5.91 Å². The van der Waals surface area contributed by atoms with Crippen molar-refractivity contribution in [2.45, 2.75) is 0 Å². The molecule has 0 atom stereocenters. The SMILES string of the molecule is COc1ccc(C(=O)NN=Cc2cc3c(cc2Br)OCO3)c(OC)c1. The molecule has 3 rings (SSSR count). The fourth-order valence-corrected chi connectivity index (χ4v) is 2.66. The van der Waals surface area contributed by atoms with Gasteiger partial charge in [-0.3, -0.25) is 4.79 Å². The van der Waals surface area contributed by atoms with Crippen molar-refractivity contribution in [1.29, 1.82) is 0 Å². The predicted molar refractivity (Wildman–Crippen MR) is 94.9 cm³/mol. The van der Waals surface area contributed by atoms with Gasteiger partial charge in [-0.25, -0.2) is 5.43 Å². The lowest BCUT2D eigenvalue weighted by molar-refractivity contribution is 0.0952. The van der Waals surface area contributed by atoms with Crippen LogP contribution in [0, 0.1) is 0 Å². The Kier molecular flexibility index (Phi) is 5.08. The van der Waals surface area contributed by atoms with Gasteiger partial charge in [0, 0.05) is 16.1 Å². The second kappa shape index (κ2) is 7.43. The molecule has 0 saturated heterocycles. The second-order valence-electron chi connectivity index (χ2n) is 4.99. The lowest BCUT2D eigenvalue weighted by Gasteiger charge is -2.09. The molecule has 0 spiro atoms. The Labute approximate surface area is 152 Å². The topological polar surface area (TPSA) is 78.4 Å². The third-order valence-electron chi connectivity index (χ3n) is 3.51. The number of rotatable bonds is 5. The Morgan fingerprint density at radius 3 is 2.68 bits per heavy atom. The zero-order valence-corrected chi connectivity index (χ0v) is 15.1. The molecule has 130 valence electrons. The minimum atomic E-state index is -0.396. The van der Waals surface area contributed by atoms with Crippen molar-refractivity contribution in [3.8, 4) is 23.0 Å². The first-order valence-corrected chi connectivity index (χ1v) is 8.06. The smallest absolute Gasteiger partial charge is 0.275 e. The molecule has 25 heavy (non-hydrogen) atoms. The number of hydrazone groups is 1. The number of halogens is 1. The molecular weight excluding hydrogens is 392 g/mol. The van der Waals surface area contributed by atoms with Gasteiger partial charge in [0.1, 0.15) is 11.5 Å². The van der Waals surface area contributed by atoms with Gasteiger partial charge in [0.15, 0.2) is 11.5 Å². The molecule has 0 aromatic heterocycles. The molecule has 1 aliphatic rings. The van der Waals surface area contributed by atoms with E-state index in [2.05, 4.69) is 26.5 Å². The van der Waals surface area contributed by atoms with Gasteiger partial charge in [0.05, 0.1) is 26.0 Å². The van der Waals surface area contributed by atoms with Gasteiger partial charge < -0.3 is 18.9 Å². The van der Waals surface area contributed by atoms with E-state index in [4.69, 9.17) is 18.9 Å². The highest BCUT2D eigenvalue weighted by molar-refractivity contribution is 9.10. The fourth-order valence-electron chi connectivity index (χ4n) is 2.24. The van der Waals surface area contributed by atoms with Gasteiger partial charge in [0.2, 0.25) is 6.79 Å². The maximum Gasteiger partial charge on any atom is 0.275 e. The number of nitrogens with one attached hydrogen (secondary N) is 1. The third-order valence-corrected chi connectivity index (χ3v) is 4.20. The average Bonchev–Trinajstić information content (AvgIpc) is 3.08. The molecule has 0 radical (unpaired) electrons. The zero-order valence-electron chi connectivity index (χ0n) is 13.5. The van der Waals surface area contributed by atoms with Gasteiger partial charge >= 0.3 is 0 Å². The Hall–Kier alpha value is -2.74. The maximum absolute atomic E-state index is 12.3. The molecule has 8 heteroatoms. The number of fused-ring (bicyclic) bond motifs is 1. The highest BCUT2D eigenvalue weighted by atomic mass is 79.9.